The number of fused-ring (bicyclic) bond motifs is 2. The van der Waals surface area contributed by atoms with Crippen LogP contribution in [0.1, 0.15) is 15.9 Å². The number of nitrogens with one attached hydrogen (secondary N) is 1. The topological polar surface area (TPSA) is 128 Å². The number of anilines is 1. The van der Waals surface area contributed by atoms with Crippen molar-refractivity contribution in [2.24, 2.45) is 0 Å². The van der Waals surface area contributed by atoms with Crippen molar-refractivity contribution in [3.05, 3.63) is 83.8 Å². The first-order valence-electron chi connectivity index (χ1n) is 13.4. The summed E-state index contributed by atoms with van der Waals surface area (Å²) in [6.07, 6.45) is 2.54. The van der Waals surface area contributed by atoms with Crippen molar-refractivity contribution in [1.82, 2.24) is 15.3 Å². The molecule has 224 valence electrons. The number of hydrogen-bond acceptors (Lipinski definition) is 8. The summed E-state index contributed by atoms with van der Waals surface area (Å²) in [5.74, 6) is -0.315. The van der Waals surface area contributed by atoms with Crippen LogP contribution in [0.25, 0.3) is 56.0 Å². The minimum Gasteiger partial charge on any atom is -0.481 e. The Balaban J connectivity index is 1.65. The van der Waals surface area contributed by atoms with Crippen LogP contribution in [0.4, 0.5) is 10.1 Å². The van der Waals surface area contributed by atoms with Crippen molar-refractivity contribution in [3.63, 3.8) is 0 Å². The van der Waals surface area contributed by atoms with E-state index in [2.05, 4.69) is 15.3 Å². The molecule has 10 nitrogen and oxygen atoms in total. The first-order chi connectivity index (χ1) is 21.0. The first kappa shape index (κ1) is 28.9. The van der Waals surface area contributed by atoms with Gasteiger partial charge < -0.3 is 18.9 Å². The molecule has 0 unspecified atom stereocenters. The third kappa shape index (κ3) is 4.92. The van der Waals surface area contributed by atoms with Gasteiger partial charge in [0.2, 0.25) is 21.8 Å². The van der Waals surface area contributed by atoms with Crippen molar-refractivity contribution < 1.29 is 31.2 Å². The molecule has 0 atom stereocenters. The third-order valence-corrected chi connectivity index (χ3v) is 8.55. The van der Waals surface area contributed by atoms with Crippen molar-refractivity contribution in [2.75, 3.05) is 31.8 Å². The first-order valence-corrected chi connectivity index (χ1v) is 15.3. The van der Waals surface area contributed by atoms with E-state index in [1.165, 1.54) is 39.5 Å². The number of oxazole rings is 1. The fourth-order valence-electron chi connectivity index (χ4n) is 5.01. The molecule has 0 aliphatic heterocycles. The maximum Gasteiger partial charge on any atom is 0.255 e. The fraction of sp³-hybridized carbons (Fsp3) is 0.156. The Morgan fingerprint density at radius 2 is 1.75 bits per heavy atom. The molecule has 1 N–H and O–H groups in total. The average Bonchev–Trinajstić information content (AvgIpc) is 3.62. The molecule has 3 aromatic carbocycles. The molecule has 0 saturated carbocycles. The number of sulfonamides is 1. The van der Waals surface area contributed by atoms with Gasteiger partial charge in [0.05, 0.1) is 30.2 Å². The van der Waals surface area contributed by atoms with E-state index in [4.69, 9.17) is 13.6 Å². The molecule has 44 heavy (non-hydrogen) atoms. The molecule has 0 radical (unpaired) electrons. The van der Waals surface area contributed by atoms with Crippen molar-refractivity contribution >= 4 is 43.7 Å². The molecule has 1 amide bonds. The van der Waals surface area contributed by atoms with E-state index in [9.17, 15) is 17.6 Å². The summed E-state index contributed by atoms with van der Waals surface area (Å²) < 4.78 is 58.8. The van der Waals surface area contributed by atoms with E-state index in [1.807, 2.05) is 31.2 Å². The summed E-state index contributed by atoms with van der Waals surface area (Å²) >= 11 is 0. The highest BCUT2D eigenvalue weighted by Crippen LogP contribution is 2.44. The number of para-hydroxylation sites is 1. The second kappa shape index (κ2) is 10.8. The van der Waals surface area contributed by atoms with E-state index < -0.39 is 15.8 Å². The molecule has 0 bridgehead atoms. The molecule has 0 aliphatic rings. The van der Waals surface area contributed by atoms with Gasteiger partial charge in [0.15, 0.2) is 11.4 Å². The summed E-state index contributed by atoms with van der Waals surface area (Å²) in [5, 5.41) is 3.12. The molecule has 0 saturated heterocycles. The van der Waals surface area contributed by atoms with Gasteiger partial charge in [0.1, 0.15) is 16.9 Å². The van der Waals surface area contributed by atoms with Gasteiger partial charge in [-0.15, -0.1) is 0 Å². The monoisotopic (exact) mass is 614 g/mol. The predicted molar refractivity (Wildman–Crippen MR) is 166 cm³/mol. The zero-order chi connectivity index (χ0) is 31.3. The second-order valence-corrected chi connectivity index (χ2v) is 12.2. The zero-order valence-electron chi connectivity index (χ0n) is 24.4. The van der Waals surface area contributed by atoms with Gasteiger partial charge in [0.25, 0.3) is 5.91 Å². The molecule has 0 fully saturated rings. The molecule has 6 rings (SSSR count). The highest BCUT2D eigenvalue weighted by molar-refractivity contribution is 7.92. The Labute approximate surface area is 252 Å². The number of carbonyl (C=O) groups excluding carboxylic acids is 1. The van der Waals surface area contributed by atoms with Gasteiger partial charge in [-0.3, -0.25) is 9.10 Å². The smallest absolute Gasteiger partial charge is 0.255 e. The Morgan fingerprint density at radius 1 is 1.00 bits per heavy atom. The van der Waals surface area contributed by atoms with E-state index in [0.29, 0.717) is 39.0 Å². The number of pyridine rings is 1. The number of amides is 1. The van der Waals surface area contributed by atoms with Gasteiger partial charge in [0, 0.05) is 48.4 Å². The van der Waals surface area contributed by atoms with E-state index in [-0.39, 0.29) is 40.0 Å². The molecule has 6 aromatic rings. The minimum absolute atomic E-state index is 0.0658. The van der Waals surface area contributed by atoms with Crippen LogP contribution in [0.2, 0.25) is 0 Å². The number of carbonyl (C=O) groups is 1. The number of aryl methyl sites for hydroxylation is 1. The molecular formula is C32H27FN4O6S. The van der Waals surface area contributed by atoms with Gasteiger partial charge in [-0.25, -0.2) is 22.8 Å². The summed E-state index contributed by atoms with van der Waals surface area (Å²) in [6, 6.07) is 16.8. The standard InChI is InChI=1S/C32H27FN4O6S/c1-17-9-11-18(12-10-17)29-27(30(38)34-2)22-14-20(24(15-26(22)42-29)37(3)44(5,39)40)21-13-19(16-35-32(21)41-4)31-36-28-23(33)7-6-8-25(28)43-31/h6-16H,1-5H3,(H,34,38). The Morgan fingerprint density at radius 3 is 2.41 bits per heavy atom. The minimum atomic E-state index is -3.76. The number of rotatable bonds is 7. The number of hydrogen-bond donors (Lipinski definition) is 1. The Kier molecular flexibility index (Phi) is 7.08. The van der Waals surface area contributed by atoms with Gasteiger partial charge in [-0.1, -0.05) is 35.9 Å². The number of benzene rings is 3. The van der Waals surface area contributed by atoms with E-state index >= 15 is 0 Å². The molecule has 12 heteroatoms. The normalized spacial score (nSPS) is 11.7. The summed E-state index contributed by atoms with van der Waals surface area (Å²) in [7, 11) is 0.605. The van der Waals surface area contributed by atoms with Gasteiger partial charge >= 0.3 is 0 Å². The van der Waals surface area contributed by atoms with Crippen molar-refractivity contribution in [3.8, 4) is 39.8 Å². The van der Waals surface area contributed by atoms with Gasteiger partial charge in [-0.2, -0.15) is 0 Å². The lowest BCUT2D eigenvalue weighted by Crippen LogP contribution is -2.25. The van der Waals surface area contributed by atoms with E-state index in [0.717, 1.165) is 16.1 Å². The average molecular weight is 615 g/mol. The van der Waals surface area contributed by atoms with Crippen molar-refractivity contribution in [1.29, 1.82) is 0 Å². The maximum atomic E-state index is 14.4. The lowest BCUT2D eigenvalue weighted by atomic mass is 9.98. The van der Waals surface area contributed by atoms with Crippen LogP contribution in [0.3, 0.4) is 0 Å². The maximum absolute atomic E-state index is 14.4. The quantitative estimate of drug-likeness (QED) is 0.226. The van der Waals surface area contributed by atoms with Gasteiger partial charge in [-0.05, 0) is 31.2 Å². The fourth-order valence-corrected chi connectivity index (χ4v) is 5.52. The highest BCUT2D eigenvalue weighted by atomic mass is 32.2. The molecule has 0 aliphatic carbocycles. The number of ether oxygens (including phenoxy) is 1. The summed E-state index contributed by atoms with van der Waals surface area (Å²) in [5.41, 5.74) is 3.99. The molecule has 3 heterocycles. The van der Waals surface area contributed by atoms with Crippen LogP contribution < -0.4 is 14.4 Å². The lowest BCUT2D eigenvalue weighted by Gasteiger charge is -2.21. The second-order valence-electron chi connectivity index (χ2n) is 10.2. The predicted octanol–water partition coefficient (Wildman–Crippen LogP) is 6.18. The highest BCUT2D eigenvalue weighted by Gasteiger charge is 2.27. The zero-order valence-corrected chi connectivity index (χ0v) is 25.2. The largest absolute Gasteiger partial charge is 0.481 e. The third-order valence-electron chi connectivity index (χ3n) is 7.36. The summed E-state index contributed by atoms with van der Waals surface area (Å²) in [6.45, 7) is 1.95. The Bertz CT molecular complexity index is 2190. The van der Waals surface area contributed by atoms with Crippen LogP contribution in [-0.2, 0) is 10.0 Å². The van der Waals surface area contributed by atoms with Crippen LogP contribution in [0.15, 0.2) is 75.7 Å². The SMILES string of the molecule is CNC(=O)c1c(-c2ccc(C)cc2)oc2cc(N(C)S(C)(=O)=O)c(-c3cc(-c4nc5c(F)cccc5o4)cnc3OC)cc12. The van der Waals surface area contributed by atoms with E-state index in [1.54, 1.807) is 24.3 Å². The lowest BCUT2D eigenvalue weighted by molar-refractivity contribution is 0.0964. The Hall–Kier alpha value is -5.23. The number of methoxy groups -OCH3 is 1. The molecule has 0 spiro atoms. The molecule has 3 aromatic heterocycles. The van der Waals surface area contributed by atoms with Crippen molar-refractivity contribution in [2.45, 2.75) is 6.92 Å². The van der Waals surface area contributed by atoms with Crippen LogP contribution in [0.5, 0.6) is 5.88 Å². The number of aromatic nitrogens is 2. The molecular weight excluding hydrogens is 587 g/mol. The number of furan rings is 1. The van der Waals surface area contributed by atoms with Crippen LogP contribution >= 0.6 is 0 Å². The van der Waals surface area contributed by atoms with Crippen LogP contribution in [-0.4, -0.2) is 51.8 Å². The number of nitrogens with zero attached hydrogens (tertiary/aromatic N) is 3. The van der Waals surface area contributed by atoms with Crippen LogP contribution in [0, 0.1) is 12.7 Å². The summed E-state index contributed by atoms with van der Waals surface area (Å²) in [4.78, 5) is 22.0. The number of halogens is 1.